The van der Waals surface area contributed by atoms with Crippen LogP contribution in [0.2, 0.25) is 0 Å². The number of hydrogen-bond acceptors (Lipinski definition) is 8. The summed E-state index contributed by atoms with van der Waals surface area (Å²) in [5, 5.41) is 36.6. The van der Waals surface area contributed by atoms with Crippen LogP contribution in [-0.4, -0.2) is 98.8 Å². The highest BCUT2D eigenvalue weighted by Gasteiger charge is 2.34. The molecule has 3 rings (SSSR count). The molecule has 1 aliphatic heterocycles. The molecule has 3 amide bonds. The number of likely N-dealkylation sites (N-methyl/N-ethyl adjacent to an activating group) is 2. The van der Waals surface area contributed by atoms with E-state index in [1.54, 1.807) is 44.4 Å². The lowest BCUT2D eigenvalue weighted by Gasteiger charge is -2.33. The van der Waals surface area contributed by atoms with E-state index in [0.717, 1.165) is 11.1 Å². The van der Waals surface area contributed by atoms with Gasteiger partial charge in [0.15, 0.2) is 0 Å². The van der Waals surface area contributed by atoms with E-state index < -0.39 is 24.0 Å². The molecule has 3 atom stereocenters. The van der Waals surface area contributed by atoms with Gasteiger partial charge in [0.25, 0.3) is 0 Å². The van der Waals surface area contributed by atoms with E-state index in [-0.39, 0.29) is 41.6 Å². The quantitative estimate of drug-likeness (QED) is 0.201. The summed E-state index contributed by atoms with van der Waals surface area (Å²) in [6, 6.07) is 7.74. The third-order valence-corrected chi connectivity index (χ3v) is 8.04. The second-order valence-electron chi connectivity index (χ2n) is 12.1. The third kappa shape index (κ3) is 8.92. The van der Waals surface area contributed by atoms with Crippen LogP contribution < -0.4 is 26.6 Å². The topological polar surface area (TPSA) is 155 Å². The molecule has 0 aromatic heterocycles. The van der Waals surface area contributed by atoms with Gasteiger partial charge < -0.3 is 41.7 Å². The maximum absolute atomic E-state index is 14.0. The van der Waals surface area contributed by atoms with Crippen LogP contribution in [0.1, 0.15) is 37.8 Å². The smallest absolute Gasteiger partial charge is 0.245 e. The summed E-state index contributed by atoms with van der Waals surface area (Å²) < 4.78 is 0. The molecule has 0 fully saturated rings. The lowest BCUT2D eigenvalue weighted by Crippen LogP contribution is -2.57. The van der Waals surface area contributed by atoms with E-state index in [1.165, 1.54) is 4.90 Å². The van der Waals surface area contributed by atoms with Crippen LogP contribution in [-0.2, 0) is 27.2 Å². The zero-order valence-electron chi connectivity index (χ0n) is 26.2. The predicted molar refractivity (Wildman–Crippen MR) is 168 cm³/mol. The summed E-state index contributed by atoms with van der Waals surface area (Å²) in [5.74, 6) is -1.07. The SMILES string of the molecule is CNCCC[C@@H]1NC(=O)[C@@H](NC)Cc2cc(ccc2O)-c2ccc(O)c(c2)C[C@@H](C(=O)NCC(C)(C)CNC)N(C)C1=O. The number of carbonyl (C=O) groups excluding carboxylic acids is 3. The summed E-state index contributed by atoms with van der Waals surface area (Å²) in [5.41, 5.74) is 2.37. The zero-order chi connectivity index (χ0) is 31.7. The molecule has 0 spiro atoms. The highest BCUT2D eigenvalue weighted by Crippen LogP contribution is 2.31. The molecule has 1 aliphatic rings. The van der Waals surface area contributed by atoms with Crippen molar-refractivity contribution in [2.24, 2.45) is 5.41 Å². The Morgan fingerprint density at radius 3 is 2.12 bits per heavy atom. The molecule has 7 N–H and O–H groups in total. The van der Waals surface area contributed by atoms with Crippen LogP contribution in [0.15, 0.2) is 36.4 Å². The minimum absolute atomic E-state index is 0.00958. The van der Waals surface area contributed by atoms with Crippen LogP contribution in [0, 0.1) is 5.41 Å². The number of phenolic OH excluding ortho intramolecular Hbond substituents is 2. The second-order valence-corrected chi connectivity index (χ2v) is 12.1. The summed E-state index contributed by atoms with van der Waals surface area (Å²) in [7, 11) is 6.89. The van der Waals surface area contributed by atoms with Crippen molar-refractivity contribution in [3.05, 3.63) is 47.5 Å². The fourth-order valence-electron chi connectivity index (χ4n) is 5.41. The number of carbonyl (C=O) groups is 3. The maximum Gasteiger partial charge on any atom is 0.245 e. The molecule has 0 saturated heterocycles. The molecule has 236 valence electrons. The van der Waals surface area contributed by atoms with E-state index in [0.29, 0.717) is 43.6 Å². The van der Waals surface area contributed by atoms with Crippen LogP contribution in [0.5, 0.6) is 11.5 Å². The average Bonchev–Trinajstić information content (AvgIpc) is 2.97. The summed E-state index contributed by atoms with van der Waals surface area (Å²) in [4.78, 5) is 42.7. The molecule has 1 heterocycles. The number of benzene rings is 2. The molecule has 0 unspecified atom stereocenters. The fraction of sp³-hybridized carbons (Fsp3) is 0.531. The number of aromatic hydroxyl groups is 2. The van der Waals surface area contributed by atoms with Crippen molar-refractivity contribution in [3.8, 4) is 22.6 Å². The van der Waals surface area contributed by atoms with Gasteiger partial charge in [0.1, 0.15) is 23.6 Å². The molecule has 0 radical (unpaired) electrons. The van der Waals surface area contributed by atoms with Crippen molar-refractivity contribution in [1.29, 1.82) is 0 Å². The molecule has 43 heavy (non-hydrogen) atoms. The van der Waals surface area contributed by atoms with Gasteiger partial charge >= 0.3 is 0 Å². The molecular formula is C32H48N6O5. The molecule has 2 aromatic rings. The maximum atomic E-state index is 14.0. The van der Waals surface area contributed by atoms with Gasteiger partial charge in [-0.15, -0.1) is 0 Å². The van der Waals surface area contributed by atoms with Crippen molar-refractivity contribution in [2.45, 2.75) is 57.7 Å². The first-order chi connectivity index (χ1) is 20.4. The first kappa shape index (κ1) is 33.8. The van der Waals surface area contributed by atoms with Crippen molar-refractivity contribution >= 4 is 17.7 Å². The second kappa shape index (κ2) is 15.2. The standard InChI is InChI=1S/C32H48N6O5/c1-32(2,18-34-4)19-36-30(42)26-17-23-15-21(10-12-28(23)40)20-9-11-27(39)22(14-20)16-25(35-5)29(41)37-24(8-7-13-33-3)31(43)38(26)6/h9-12,14-15,24-26,33-35,39-40H,7-8,13,16-19H2,1-6H3,(H,36,42)(H,37,41)/t24-,25-,26-/m0/s1. The highest BCUT2D eigenvalue weighted by molar-refractivity contribution is 5.93. The Bertz CT molecular complexity index is 1280. The minimum Gasteiger partial charge on any atom is -0.508 e. The molecule has 11 heteroatoms. The minimum atomic E-state index is -0.955. The first-order valence-corrected chi connectivity index (χ1v) is 14.9. The Hall–Kier alpha value is -3.67. The number of nitrogens with one attached hydrogen (secondary N) is 5. The molecule has 4 bridgehead atoms. The van der Waals surface area contributed by atoms with E-state index >= 15 is 0 Å². The Morgan fingerprint density at radius 1 is 0.953 bits per heavy atom. The largest absolute Gasteiger partial charge is 0.508 e. The number of amides is 3. The Labute approximate surface area is 254 Å². The Kier molecular flexibility index (Phi) is 11.9. The van der Waals surface area contributed by atoms with Crippen molar-refractivity contribution in [2.75, 3.05) is 47.8 Å². The van der Waals surface area contributed by atoms with Crippen LogP contribution in [0.4, 0.5) is 0 Å². The van der Waals surface area contributed by atoms with Crippen LogP contribution in [0.25, 0.3) is 11.1 Å². The van der Waals surface area contributed by atoms with Gasteiger partial charge in [0.05, 0.1) is 6.04 Å². The van der Waals surface area contributed by atoms with Crippen molar-refractivity contribution in [3.63, 3.8) is 0 Å². The Balaban J connectivity index is 2.11. The van der Waals surface area contributed by atoms with Gasteiger partial charge in [-0.2, -0.15) is 0 Å². The highest BCUT2D eigenvalue weighted by atomic mass is 16.3. The molecule has 11 nitrogen and oxygen atoms in total. The number of hydrogen-bond donors (Lipinski definition) is 7. The lowest BCUT2D eigenvalue weighted by atomic mass is 9.92. The average molecular weight is 597 g/mol. The molecular weight excluding hydrogens is 548 g/mol. The van der Waals surface area contributed by atoms with Gasteiger partial charge in [0, 0.05) is 33.0 Å². The monoisotopic (exact) mass is 596 g/mol. The first-order valence-electron chi connectivity index (χ1n) is 14.9. The van der Waals surface area contributed by atoms with Crippen molar-refractivity contribution < 1.29 is 24.6 Å². The fourth-order valence-corrected chi connectivity index (χ4v) is 5.41. The molecule has 2 aromatic carbocycles. The van der Waals surface area contributed by atoms with Gasteiger partial charge in [-0.3, -0.25) is 14.4 Å². The third-order valence-electron chi connectivity index (χ3n) is 8.04. The van der Waals surface area contributed by atoms with Gasteiger partial charge in [-0.25, -0.2) is 0 Å². The summed E-state index contributed by atoms with van der Waals surface area (Å²) >= 11 is 0. The number of phenols is 2. The molecule has 0 saturated carbocycles. The van der Waals surface area contributed by atoms with Gasteiger partial charge in [-0.05, 0) is 92.5 Å². The number of fused-ring (bicyclic) bond motifs is 5. The van der Waals surface area contributed by atoms with Gasteiger partial charge in [0.2, 0.25) is 17.7 Å². The van der Waals surface area contributed by atoms with E-state index in [1.807, 2.05) is 34.0 Å². The van der Waals surface area contributed by atoms with E-state index in [2.05, 4.69) is 26.6 Å². The normalized spacial score (nSPS) is 19.8. The summed E-state index contributed by atoms with van der Waals surface area (Å²) in [6.45, 7) is 5.75. The predicted octanol–water partition coefficient (Wildman–Crippen LogP) is 1.12. The van der Waals surface area contributed by atoms with Crippen LogP contribution in [0.3, 0.4) is 0 Å². The number of nitrogens with zero attached hydrogens (tertiary/aromatic N) is 1. The lowest BCUT2D eigenvalue weighted by molar-refractivity contribution is -0.142. The van der Waals surface area contributed by atoms with E-state index in [9.17, 15) is 24.6 Å². The van der Waals surface area contributed by atoms with Crippen molar-refractivity contribution in [1.82, 2.24) is 31.5 Å². The Morgan fingerprint density at radius 2 is 1.56 bits per heavy atom. The van der Waals surface area contributed by atoms with E-state index in [4.69, 9.17) is 0 Å². The summed E-state index contributed by atoms with van der Waals surface area (Å²) in [6.07, 6.45) is 1.22. The number of rotatable bonds is 10. The van der Waals surface area contributed by atoms with Gasteiger partial charge in [-0.1, -0.05) is 26.0 Å². The molecule has 0 aliphatic carbocycles. The zero-order valence-corrected chi connectivity index (χ0v) is 26.2. The van der Waals surface area contributed by atoms with Crippen LogP contribution >= 0.6 is 0 Å².